The molecular formula is C17H13N3O5. The van der Waals surface area contributed by atoms with Gasteiger partial charge in [-0.1, -0.05) is 24.3 Å². The highest BCUT2D eigenvalue weighted by molar-refractivity contribution is 6.08. The topological polar surface area (TPSA) is 122 Å². The number of hydrogen-bond donors (Lipinski definition) is 1. The van der Waals surface area contributed by atoms with E-state index in [1.165, 1.54) is 55.5 Å². The summed E-state index contributed by atoms with van der Waals surface area (Å²) in [6.07, 6.45) is 0.524. The zero-order valence-electron chi connectivity index (χ0n) is 13.1. The van der Waals surface area contributed by atoms with Gasteiger partial charge in [0.2, 0.25) is 5.78 Å². The Bertz CT molecular complexity index is 868. The number of hydrogen-bond acceptors (Lipinski definition) is 7. The van der Waals surface area contributed by atoms with E-state index in [1.807, 2.05) is 0 Å². The largest absolute Gasteiger partial charge is 0.513 e. The number of Topliss-reactive ketones (excluding diaryl/α,β-unsaturated/α-hetero) is 2. The van der Waals surface area contributed by atoms with Crippen LogP contribution in [0.3, 0.4) is 0 Å². The minimum absolute atomic E-state index is 0.0986. The summed E-state index contributed by atoms with van der Waals surface area (Å²) in [7, 11) is 0. The SMILES string of the molecule is CC(=O)c1ccc(C(=O)/C(=C\O)N=Nc2ccc([N+](=O)[O-])cc2)cc1. The summed E-state index contributed by atoms with van der Waals surface area (Å²) >= 11 is 0. The average Bonchev–Trinajstić information content (AvgIpc) is 2.62. The van der Waals surface area contributed by atoms with Crippen molar-refractivity contribution in [3.05, 3.63) is 81.7 Å². The number of azo groups is 1. The molecule has 8 heteroatoms. The maximum absolute atomic E-state index is 12.3. The number of ketones is 2. The van der Waals surface area contributed by atoms with Gasteiger partial charge in [-0.25, -0.2) is 0 Å². The summed E-state index contributed by atoms with van der Waals surface area (Å²) in [6, 6.07) is 11.1. The van der Waals surface area contributed by atoms with Crippen LogP contribution in [-0.2, 0) is 0 Å². The Kier molecular flexibility index (Phi) is 5.47. The zero-order valence-corrected chi connectivity index (χ0v) is 13.1. The van der Waals surface area contributed by atoms with Crippen molar-refractivity contribution in [3.63, 3.8) is 0 Å². The Morgan fingerprint density at radius 3 is 2.08 bits per heavy atom. The molecule has 2 aromatic rings. The van der Waals surface area contributed by atoms with Crippen LogP contribution in [0.5, 0.6) is 0 Å². The van der Waals surface area contributed by atoms with Crippen LogP contribution in [-0.4, -0.2) is 21.6 Å². The van der Waals surface area contributed by atoms with Crippen LogP contribution in [0, 0.1) is 10.1 Å². The third kappa shape index (κ3) is 4.41. The molecule has 0 fully saturated rings. The Balaban J connectivity index is 2.17. The van der Waals surface area contributed by atoms with Gasteiger partial charge in [0.05, 0.1) is 10.6 Å². The molecule has 2 rings (SSSR count). The molecule has 0 bridgehead atoms. The summed E-state index contributed by atoms with van der Waals surface area (Å²) in [4.78, 5) is 33.5. The fourth-order valence-corrected chi connectivity index (χ4v) is 1.89. The molecule has 0 saturated heterocycles. The van der Waals surface area contributed by atoms with Crippen molar-refractivity contribution >= 4 is 22.9 Å². The first-order chi connectivity index (χ1) is 11.9. The first kappa shape index (κ1) is 17.7. The molecule has 0 atom stereocenters. The molecule has 0 spiro atoms. The van der Waals surface area contributed by atoms with Crippen LogP contribution in [0.2, 0.25) is 0 Å². The van der Waals surface area contributed by atoms with Gasteiger partial charge in [-0.05, 0) is 19.1 Å². The zero-order chi connectivity index (χ0) is 18.4. The third-order valence-corrected chi connectivity index (χ3v) is 3.24. The Morgan fingerprint density at radius 2 is 1.60 bits per heavy atom. The van der Waals surface area contributed by atoms with Gasteiger partial charge < -0.3 is 5.11 Å². The van der Waals surface area contributed by atoms with E-state index in [0.29, 0.717) is 11.8 Å². The van der Waals surface area contributed by atoms with E-state index in [1.54, 1.807) is 0 Å². The van der Waals surface area contributed by atoms with Gasteiger partial charge in [-0.15, -0.1) is 5.11 Å². The highest BCUT2D eigenvalue weighted by atomic mass is 16.6. The van der Waals surface area contributed by atoms with E-state index in [4.69, 9.17) is 0 Å². The fraction of sp³-hybridized carbons (Fsp3) is 0.0588. The van der Waals surface area contributed by atoms with E-state index >= 15 is 0 Å². The number of non-ortho nitro benzene ring substituents is 1. The lowest BCUT2D eigenvalue weighted by Gasteiger charge is -2.01. The molecule has 0 aliphatic heterocycles. The summed E-state index contributed by atoms with van der Waals surface area (Å²) in [5, 5.41) is 27.2. The normalized spacial score (nSPS) is 11.5. The molecule has 126 valence electrons. The first-order valence-electron chi connectivity index (χ1n) is 7.08. The van der Waals surface area contributed by atoms with Crippen molar-refractivity contribution in [3.8, 4) is 0 Å². The molecule has 0 aliphatic carbocycles. The average molecular weight is 339 g/mol. The second kappa shape index (κ2) is 7.73. The Morgan fingerprint density at radius 1 is 1.04 bits per heavy atom. The van der Waals surface area contributed by atoms with Crippen molar-refractivity contribution in [1.29, 1.82) is 0 Å². The van der Waals surface area contributed by atoms with Crippen molar-refractivity contribution in [1.82, 2.24) is 0 Å². The summed E-state index contributed by atoms with van der Waals surface area (Å²) in [5.74, 6) is -0.710. The number of benzene rings is 2. The van der Waals surface area contributed by atoms with Gasteiger partial charge in [0.1, 0.15) is 6.26 Å². The molecule has 0 amide bonds. The van der Waals surface area contributed by atoms with Crippen LogP contribution in [0.4, 0.5) is 11.4 Å². The molecule has 1 N–H and O–H groups in total. The fourth-order valence-electron chi connectivity index (χ4n) is 1.89. The number of carbonyl (C=O) groups excluding carboxylic acids is 2. The molecule has 0 saturated carbocycles. The van der Waals surface area contributed by atoms with Gasteiger partial charge in [0.25, 0.3) is 5.69 Å². The highest BCUT2D eigenvalue weighted by Gasteiger charge is 2.13. The summed E-state index contributed by atoms with van der Waals surface area (Å²) < 4.78 is 0. The molecule has 25 heavy (non-hydrogen) atoms. The number of nitrogens with zero attached hydrogens (tertiary/aromatic N) is 3. The molecule has 8 nitrogen and oxygen atoms in total. The molecule has 2 aromatic carbocycles. The monoisotopic (exact) mass is 339 g/mol. The quantitative estimate of drug-likeness (QED) is 0.211. The summed E-state index contributed by atoms with van der Waals surface area (Å²) in [5.41, 5.74) is 0.559. The van der Waals surface area contributed by atoms with E-state index < -0.39 is 10.7 Å². The number of rotatable bonds is 6. The van der Waals surface area contributed by atoms with Gasteiger partial charge in [0, 0.05) is 23.3 Å². The van der Waals surface area contributed by atoms with E-state index in [9.17, 15) is 24.8 Å². The standard InChI is InChI=1S/C17H13N3O5/c1-11(22)12-2-4-13(5-3-12)17(23)16(10-21)19-18-14-6-8-15(9-7-14)20(24)25/h2-10,21H,1H3/b16-10+,19-18?. The van der Waals surface area contributed by atoms with Crippen molar-refractivity contribution < 1.29 is 19.6 Å². The van der Waals surface area contributed by atoms with E-state index in [0.717, 1.165) is 0 Å². The molecule has 0 heterocycles. The predicted octanol–water partition coefficient (Wildman–Crippen LogP) is 4.16. The summed E-state index contributed by atoms with van der Waals surface area (Å²) in [6.45, 7) is 1.41. The van der Waals surface area contributed by atoms with E-state index in [-0.39, 0.29) is 28.4 Å². The predicted molar refractivity (Wildman–Crippen MR) is 89.1 cm³/mol. The number of aliphatic hydroxyl groups is 1. The maximum atomic E-state index is 12.3. The Labute approximate surface area is 142 Å². The third-order valence-electron chi connectivity index (χ3n) is 3.24. The number of nitro groups is 1. The van der Waals surface area contributed by atoms with Crippen LogP contribution in [0.15, 0.2) is 70.7 Å². The minimum Gasteiger partial charge on any atom is -0.513 e. The van der Waals surface area contributed by atoms with E-state index in [2.05, 4.69) is 10.2 Å². The first-order valence-corrected chi connectivity index (χ1v) is 7.08. The number of allylic oxidation sites excluding steroid dienone is 1. The van der Waals surface area contributed by atoms with Crippen LogP contribution < -0.4 is 0 Å². The number of aliphatic hydroxyl groups excluding tert-OH is 1. The second-order valence-corrected chi connectivity index (χ2v) is 4.95. The lowest BCUT2D eigenvalue weighted by Crippen LogP contribution is -2.02. The van der Waals surface area contributed by atoms with Gasteiger partial charge >= 0.3 is 0 Å². The Hall–Kier alpha value is -3.68. The smallest absolute Gasteiger partial charge is 0.269 e. The van der Waals surface area contributed by atoms with Crippen molar-refractivity contribution in [2.75, 3.05) is 0 Å². The molecule has 0 unspecified atom stereocenters. The molecule has 0 aliphatic rings. The molecule has 0 aromatic heterocycles. The second-order valence-electron chi connectivity index (χ2n) is 4.95. The van der Waals surface area contributed by atoms with Crippen LogP contribution in [0.25, 0.3) is 0 Å². The van der Waals surface area contributed by atoms with Crippen LogP contribution in [0.1, 0.15) is 27.6 Å². The van der Waals surface area contributed by atoms with Crippen molar-refractivity contribution in [2.45, 2.75) is 6.92 Å². The number of carbonyl (C=O) groups is 2. The molecular weight excluding hydrogens is 326 g/mol. The lowest BCUT2D eigenvalue weighted by atomic mass is 10.1. The van der Waals surface area contributed by atoms with Gasteiger partial charge in [0.15, 0.2) is 11.5 Å². The molecule has 0 radical (unpaired) electrons. The minimum atomic E-state index is -0.580. The van der Waals surface area contributed by atoms with Gasteiger partial charge in [-0.2, -0.15) is 5.11 Å². The number of nitro benzene ring substituents is 1. The maximum Gasteiger partial charge on any atom is 0.269 e. The highest BCUT2D eigenvalue weighted by Crippen LogP contribution is 2.20. The van der Waals surface area contributed by atoms with Gasteiger partial charge in [-0.3, -0.25) is 19.7 Å². The lowest BCUT2D eigenvalue weighted by molar-refractivity contribution is -0.384. The van der Waals surface area contributed by atoms with Crippen molar-refractivity contribution in [2.24, 2.45) is 10.2 Å². The van der Waals surface area contributed by atoms with Crippen LogP contribution >= 0.6 is 0 Å².